The molecule has 1 unspecified atom stereocenters. The minimum atomic E-state index is -0.550. The highest BCUT2D eigenvalue weighted by molar-refractivity contribution is 8.00. The Bertz CT molecular complexity index is 1710. The Morgan fingerprint density at radius 2 is 1.65 bits per heavy atom. The Labute approximate surface area is 257 Å². The molecule has 1 atom stereocenters. The van der Waals surface area contributed by atoms with Gasteiger partial charge in [-0.3, -0.25) is 24.5 Å². The standard InChI is InChI=1S/C32H27ClN4O5S/c1-20-16-26(37(41)42)14-15-28(20)35-30(38)21(2)43-27-13-7-12-25(19-27)34-32(40)29(18-22-8-6-11-24(33)17-22)36-31(39)23-9-4-3-5-10-23/h3-19,21H,1-2H3,(H,34,40)(H,35,38)(H,36,39)/b29-18-. The number of halogens is 1. The van der Waals surface area contributed by atoms with Crippen molar-refractivity contribution in [2.75, 3.05) is 10.6 Å². The average molecular weight is 615 g/mol. The maximum absolute atomic E-state index is 13.4. The van der Waals surface area contributed by atoms with Crippen LogP contribution in [0.3, 0.4) is 0 Å². The third kappa shape index (κ3) is 8.78. The summed E-state index contributed by atoms with van der Waals surface area (Å²) in [6.07, 6.45) is 1.53. The van der Waals surface area contributed by atoms with E-state index in [1.54, 1.807) is 92.7 Å². The Kier molecular flexibility index (Phi) is 10.3. The number of nitro benzene ring substituents is 1. The predicted molar refractivity (Wildman–Crippen MR) is 170 cm³/mol. The highest BCUT2D eigenvalue weighted by Gasteiger charge is 2.18. The molecule has 4 rings (SSSR count). The van der Waals surface area contributed by atoms with Gasteiger partial charge in [-0.05, 0) is 79.6 Å². The quantitative estimate of drug-likeness (QED) is 0.0757. The van der Waals surface area contributed by atoms with Gasteiger partial charge in [-0.25, -0.2) is 0 Å². The van der Waals surface area contributed by atoms with Crippen LogP contribution >= 0.6 is 23.4 Å². The molecule has 0 fully saturated rings. The van der Waals surface area contributed by atoms with E-state index in [0.29, 0.717) is 33.1 Å². The average Bonchev–Trinajstić information content (AvgIpc) is 2.98. The second-order valence-electron chi connectivity index (χ2n) is 9.42. The predicted octanol–water partition coefficient (Wildman–Crippen LogP) is 7.09. The van der Waals surface area contributed by atoms with E-state index in [-0.39, 0.29) is 17.3 Å². The first-order valence-corrected chi connectivity index (χ1v) is 14.3. The fraction of sp³-hybridized carbons (Fsp3) is 0.0938. The van der Waals surface area contributed by atoms with E-state index in [4.69, 9.17) is 11.6 Å². The molecule has 0 spiro atoms. The fourth-order valence-electron chi connectivity index (χ4n) is 3.94. The molecular formula is C32H27ClN4O5S. The summed E-state index contributed by atoms with van der Waals surface area (Å²) in [6, 6.07) is 26.6. The zero-order valence-electron chi connectivity index (χ0n) is 23.2. The van der Waals surface area contributed by atoms with Crippen LogP contribution in [-0.4, -0.2) is 27.9 Å². The zero-order valence-corrected chi connectivity index (χ0v) is 24.7. The molecular weight excluding hydrogens is 588 g/mol. The molecule has 0 aromatic heterocycles. The van der Waals surface area contributed by atoms with Gasteiger partial charge in [0.1, 0.15) is 5.70 Å². The largest absolute Gasteiger partial charge is 0.325 e. The number of nitrogens with zero attached hydrogens (tertiary/aromatic N) is 1. The number of anilines is 2. The topological polar surface area (TPSA) is 130 Å². The molecule has 9 nitrogen and oxygen atoms in total. The van der Waals surface area contributed by atoms with Gasteiger partial charge in [0, 0.05) is 39.0 Å². The summed E-state index contributed by atoms with van der Waals surface area (Å²) in [5.41, 5.74) is 2.49. The number of carbonyl (C=O) groups excluding carboxylic acids is 3. The number of benzene rings is 4. The Morgan fingerprint density at radius 3 is 2.35 bits per heavy atom. The van der Waals surface area contributed by atoms with E-state index in [9.17, 15) is 24.5 Å². The first-order valence-electron chi connectivity index (χ1n) is 13.1. The Balaban J connectivity index is 1.47. The molecule has 3 N–H and O–H groups in total. The van der Waals surface area contributed by atoms with Crippen LogP contribution in [0.25, 0.3) is 6.08 Å². The number of non-ortho nitro benzene ring substituents is 1. The van der Waals surface area contributed by atoms with Gasteiger partial charge >= 0.3 is 0 Å². The number of hydrogen-bond acceptors (Lipinski definition) is 6. The summed E-state index contributed by atoms with van der Waals surface area (Å²) >= 11 is 7.39. The second kappa shape index (κ2) is 14.3. The van der Waals surface area contributed by atoms with E-state index in [0.717, 1.165) is 4.90 Å². The number of amides is 3. The molecule has 4 aromatic rings. The third-order valence-electron chi connectivity index (χ3n) is 6.14. The summed E-state index contributed by atoms with van der Waals surface area (Å²) < 4.78 is 0. The first kappa shape index (κ1) is 31.0. The van der Waals surface area contributed by atoms with Crippen molar-refractivity contribution in [3.05, 3.63) is 135 Å². The summed E-state index contributed by atoms with van der Waals surface area (Å²) in [4.78, 5) is 50.3. The number of nitrogens with one attached hydrogen (secondary N) is 3. The monoisotopic (exact) mass is 614 g/mol. The smallest absolute Gasteiger partial charge is 0.272 e. The molecule has 0 radical (unpaired) electrons. The minimum absolute atomic E-state index is 0.0142. The summed E-state index contributed by atoms with van der Waals surface area (Å²) in [7, 11) is 0. The van der Waals surface area contributed by atoms with Crippen molar-refractivity contribution < 1.29 is 19.3 Å². The highest BCUT2D eigenvalue weighted by atomic mass is 35.5. The number of hydrogen-bond donors (Lipinski definition) is 3. The minimum Gasteiger partial charge on any atom is -0.325 e. The van der Waals surface area contributed by atoms with Gasteiger partial charge in [-0.15, -0.1) is 11.8 Å². The summed E-state index contributed by atoms with van der Waals surface area (Å²) in [6.45, 7) is 3.42. The Hall–Kier alpha value is -4.93. The molecule has 0 bridgehead atoms. The molecule has 0 aliphatic heterocycles. The highest BCUT2D eigenvalue weighted by Crippen LogP contribution is 2.28. The van der Waals surface area contributed by atoms with Crippen LogP contribution in [0.1, 0.15) is 28.4 Å². The normalized spacial score (nSPS) is 11.7. The second-order valence-corrected chi connectivity index (χ2v) is 11.3. The maximum Gasteiger partial charge on any atom is 0.272 e. The lowest BCUT2D eigenvalue weighted by atomic mass is 10.1. The summed E-state index contributed by atoms with van der Waals surface area (Å²) in [5.74, 6) is -1.28. The van der Waals surface area contributed by atoms with Crippen LogP contribution in [0.5, 0.6) is 0 Å². The fourth-order valence-corrected chi connectivity index (χ4v) is 5.07. The molecule has 0 heterocycles. The van der Waals surface area contributed by atoms with Crippen LogP contribution in [0.2, 0.25) is 5.02 Å². The van der Waals surface area contributed by atoms with E-state index < -0.39 is 22.0 Å². The maximum atomic E-state index is 13.4. The van der Waals surface area contributed by atoms with Crippen LogP contribution in [0.4, 0.5) is 17.1 Å². The van der Waals surface area contributed by atoms with Gasteiger partial charge in [0.25, 0.3) is 17.5 Å². The van der Waals surface area contributed by atoms with E-state index >= 15 is 0 Å². The lowest BCUT2D eigenvalue weighted by Crippen LogP contribution is -2.30. The van der Waals surface area contributed by atoms with Crippen LogP contribution in [0, 0.1) is 17.0 Å². The molecule has 0 aliphatic carbocycles. The van der Waals surface area contributed by atoms with E-state index in [2.05, 4.69) is 16.0 Å². The molecule has 0 saturated carbocycles. The summed E-state index contributed by atoms with van der Waals surface area (Å²) in [5, 5.41) is 19.3. The van der Waals surface area contributed by atoms with E-state index in [1.165, 1.54) is 36.0 Å². The lowest BCUT2D eigenvalue weighted by molar-refractivity contribution is -0.384. The van der Waals surface area contributed by atoms with Gasteiger partial charge in [0.05, 0.1) is 10.2 Å². The molecule has 11 heteroatoms. The Morgan fingerprint density at radius 1 is 0.907 bits per heavy atom. The number of aryl methyl sites for hydroxylation is 1. The van der Waals surface area contributed by atoms with Crippen molar-refractivity contribution in [2.45, 2.75) is 24.0 Å². The van der Waals surface area contributed by atoms with Gasteiger partial charge in [0.2, 0.25) is 5.91 Å². The van der Waals surface area contributed by atoms with Crippen molar-refractivity contribution >= 4 is 64.2 Å². The van der Waals surface area contributed by atoms with Gasteiger partial charge in [-0.1, -0.05) is 48.0 Å². The van der Waals surface area contributed by atoms with Gasteiger partial charge in [-0.2, -0.15) is 0 Å². The van der Waals surface area contributed by atoms with Crippen LogP contribution < -0.4 is 16.0 Å². The molecule has 0 saturated heterocycles. The van der Waals surface area contributed by atoms with Crippen molar-refractivity contribution in [1.29, 1.82) is 0 Å². The van der Waals surface area contributed by atoms with Crippen molar-refractivity contribution in [2.24, 2.45) is 0 Å². The third-order valence-corrected chi connectivity index (χ3v) is 7.47. The van der Waals surface area contributed by atoms with Crippen LogP contribution in [0.15, 0.2) is 108 Å². The molecule has 4 aromatic carbocycles. The molecule has 3 amide bonds. The number of carbonyl (C=O) groups is 3. The first-order chi connectivity index (χ1) is 20.6. The molecule has 0 aliphatic rings. The van der Waals surface area contributed by atoms with Crippen molar-refractivity contribution in [3.63, 3.8) is 0 Å². The number of rotatable bonds is 10. The molecule has 43 heavy (non-hydrogen) atoms. The number of thioether (sulfide) groups is 1. The van der Waals surface area contributed by atoms with Crippen molar-refractivity contribution in [1.82, 2.24) is 5.32 Å². The van der Waals surface area contributed by atoms with Crippen molar-refractivity contribution in [3.8, 4) is 0 Å². The SMILES string of the molecule is Cc1cc([N+](=O)[O-])ccc1NC(=O)C(C)Sc1cccc(NC(=O)/C(=C/c2cccc(Cl)c2)NC(=O)c2ccccc2)c1. The number of nitro groups is 1. The van der Waals surface area contributed by atoms with E-state index in [1.807, 2.05) is 0 Å². The van der Waals surface area contributed by atoms with Gasteiger partial charge in [0.15, 0.2) is 0 Å². The zero-order chi connectivity index (χ0) is 30.9. The molecule has 218 valence electrons. The van der Waals surface area contributed by atoms with Gasteiger partial charge < -0.3 is 16.0 Å². The lowest BCUT2D eigenvalue weighted by Gasteiger charge is -2.15. The van der Waals surface area contributed by atoms with Crippen LogP contribution in [-0.2, 0) is 9.59 Å².